The lowest BCUT2D eigenvalue weighted by Crippen LogP contribution is -2.36. The highest BCUT2D eigenvalue weighted by molar-refractivity contribution is 6.30. The van der Waals surface area contributed by atoms with Crippen LogP contribution in [-0.4, -0.2) is 6.03 Å². The number of rotatable bonds is 4. The monoisotopic (exact) mass is 303 g/mol. The summed E-state index contributed by atoms with van der Waals surface area (Å²) in [5.74, 6) is 0. The van der Waals surface area contributed by atoms with Crippen LogP contribution in [-0.2, 0) is 6.54 Å². The van der Waals surface area contributed by atoms with E-state index in [-0.39, 0.29) is 12.1 Å². The van der Waals surface area contributed by atoms with Crippen molar-refractivity contribution in [3.63, 3.8) is 0 Å². The fourth-order valence-electron chi connectivity index (χ4n) is 1.90. The molecule has 2 aromatic carbocycles. The van der Waals surface area contributed by atoms with Gasteiger partial charge in [0.15, 0.2) is 0 Å². The zero-order valence-electron chi connectivity index (χ0n) is 11.8. The van der Waals surface area contributed by atoms with Crippen LogP contribution in [0.3, 0.4) is 0 Å². The maximum atomic E-state index is 11.9. The first kappa shape index (κ1) is 15.2. The Kier molecular flexibility index (Phi) is 5.06. The van der Waals surface area contributed by atoms with E-state index in [1.165, 1.54) is 0 Å². The molecule has 0 bridgehead atoms. The Morgan fingerprint density at radius 1 is 1.14 bits per heavy atom. The number of hydrogen-bond donors (Lipinski definition) is 3. The summed E-state index contributed by atoms with van der Waals surface area (Å²) in [4.78, 5) is 11.9. The van der Waals surface area contributed by atoms with Crippen LogP contribution in [0.2, 0.25) is 5.02 Å². The summed E-state index contributed by atoms with van der Waals surface area (Å²) in [6, 6.07) is 14.5. The molecule has 21 heavy (non-hydrogen) atoms. The van der Waals surface area contributed by atoms with Crippen LogP contribution in [0.5, 0.6) is 0 Å². The molecule has 110 valence electrons. The topological polar surface area (TPSA) is 67.2 Å². The smallest absolute Gasteiger partial charge is 0.315 e. The van der Waals surface area contributed by atoms with Crippen LogP contribution < -0.4 is 16.4 Å². The van der Waals surface area contributed by atoms with E-state index in [4.69, 9.17) is 17.3 Å². The molecule has 1 unspecified atom stereocenters. The molecule has 5 heteroatoms. The predicted octanol–water partition coefficient (Wildman–Crippen LogP) is 3.48. The zero-order chi connectivity index (χ0) is 15.2. The number of nitrogens with two attached hydrogens (primary N) is 1. The van der Waals surface area contributed by atoms with Gasteiger partial charge >= 0.3 is 6.03 Å². The van der Waals surface area contributed by atoms with E-state index in [0.717, 1.165) is 11.1 Å². The van der Waals surface area contributed by atoms with Crippen molar-refractivity contribution in [1.82, 2.24) is 10.6 Å². The van der Waals surface area contributed by atoms with Gasteiger partial charge in [-0.1, -0.05) is 35.9 Å². The van der Waals surface area contributed by atoms with Gasteiger partial charge < -0.3 is 16.4 Å². The lowest BCUT2D eigenvalue weighted by Gasteiger charge is -2.15. The zero-order valence-corrected chi connectivity index (χ0v) is 12.5. The molecule has 0 radical (unpaired) electrons. The Morgan fingerprint density at radius 2 is 1.76 bits per heavy atom. The minimum atomic E-state index is -0.214. The number of halogens is 1. The van der Waals surface area contributed by atoms with Gasteiger partial charge in [0, 0.05) is 17.3 Å². The van der Waals surface area contributed by atoms with Gasteiger partial charge in [0.1, 0.15) is 0 Å². The molecule has 0 saturated heterocycles. The van der Waals surface area contributed by atoms with Crippen molar-refractivity contribution in [2.24, 2.45) is 0 Å². The molecule has 2 rings (SSSR count). The van der Waals surface area contributed by atoms with Gasteiger partial charge in [0.2, 0.25) is 0 Å². The molecule has 4 nitrogen and oxygen atoms in total. The van der Waals surface area contributed by atoms with E-state index in [9.17, 15) is 4.79 Å². The highest BCUT2D eigenvalue weighted by atomic mass is 35.5. The molecule has 0 aliphatic carbocycles. The molecule has 0 aliphatic rings. The molecule has 0 aromatic heterocycles. The Labute approximate surface area is 129 Å². The molecule has 4 N–H and O–H groups in total. The van der Waals surface area contributed by atoms with E-state index in [1.54, 1.807) is 12.1 Å². The maximum Gasteiger partial charge on any atom is 0.315 e. The Hall–Kier alpha value is -2.20. The van der Waals surface area contributed by atoms with Gasteiger partial charge in [0.05, 0.1) is 6.04 Å². The third-order valence-corrected chi connectivity index (χ3v) is 3.40. The number of hydrogen-bond acceptors (Lipinski definition) is 2. The second-order valence-corrected chi connectivity index (χ2v) is 5.28. The molecule has 2 amide bonds. The molecule has 1 atom stereocenters. The molecule has 0 aliphatic heterocycles. The molecule has 2 aromatic rings. The van der Waals surface area contributed by atoms with Gasteiger partial charge in [-0.05, 0) is 42.3 Å². The predicted molar refractivity (Wildman–Crippen MR) is 86.1 cm³/mol. The summed E-state index contributed by atoms with van der Waals surface area (Å²) in [5, 5.41) is 6.37. The van der Waals surface area contributed by atoms with Crippen molar-refractivity contribution in [2.45, 2.75) is 19.5 Å². The average molecular weight is 304 g/mol. The second-order valence-electron chi connectivity index (χ2n) is 4.84. The lowest BCUT2D eigenvalue weighted by molar-refractivity contribution is 0.237. The van der Waals surface area contributed by atoms with Gasteiger partial charge in [0.25, 0.3) is 0 Å². The summed E-state index contributed by atoms with van der Waals surface area (Å²) in [5.41, 5.74) is 8.32. The second kappa shape index (κ2) is 6.99. The lowest BCUT2D eigenvalue weighted by atomic mass is 10.1. The van der Waals surface area contributed by atoms with E-state index in [0.29, 0.717) is 17.3 Å². The largest absolute Gasteiger partial charge is 0.399 e. The summed E-state index contributed by atoms with van der Waals surface area (Å²) < 4.78 is 0. The number of amides is 2. The number of urea groups is 1. The van der Waals surface area contributed by atoms with Crippen molar-refractivity contribution >= 4 is 23.3 Å². The van der Waals surface area contributed by atoms with Crippen molar-refractivity contribution in [3.8, 4) is 0 Å². The number of carbonyl (C=O) groups is 1. The van der Waals surface area contributed by atoms with Crippen LogP contribution in [0, 0.1) is 0 Å². The van der Waals surface area contributed by atoms with E-state index < -0.39 is 0 Å². The van der Waals surface area contributed by atoms with Crippen LogP contribution >= 0.6 is 11.6 Å². The van der Waals surface area contributed by atoms with Gasteiger partial charge in [-0.3, -0.25) is 0 Å². The SMILES string of the molecule is CC(NC(=O)NCc1ccc(N)cc1)c1ccc(Cl)cc1. The van der Waals surface area contributed by atoms with Gasteiger partial charge in [-0.15, -0.1) is 0 Å². The normalized spacial score (nSPS) is 11.7. The van der Waals surface area contributed by atoms with E-state index in [2.05, 4.69) is 10.6 Å². The summed E-state index contributed by atoms with van der Waals surface area (Å²) >= 11 is 5.84. The van der Waals surface area contributed by atoms with E-state index >= 15 is 0 Å². The summed E-state index contributed by atoms with van der Waals surface area (Å²) in [6.07, 6.45) is 0. The first-order valence-corrected chi connectivity index (χ1v) is 7.06. The Morgan fingerprint density at radius 3 is 2.38 bits per heavy atom. The standard InChI is InChI=1S/C16H18ClN3O/c1-11(13-4-6-14(17)7-5-13)20-16(21)19-10-12-2-8-15(18)9-3-12/h2-9,11H,10,18H2,1H3,(H2,19,20,21). The molecule has 0 fully saturated rings. The summed E-state index contributed by atoms with van der Waals surface area (Å²) in [7, 11) is 0. The fraction of sp³-hybridized carbons (Fsp3) is 0.188. The maximum absolute atomic E-state index is 11.9. The Bertz CT molecular complexity index is 596. The van der Waals surface area contributed by atoms with Crippen molar-refractivity contribution in [1.29, 1.82) is 0 Å². The fourth-order valence-corrected chi connectivity index (χ4v) is 2.03. The van der Waals surface area contributed by atoms with Crippen LogP contribution in [0.15, 0.2) is 48.5 Å². The highest BCUT2D eigenvalue weighted by Gasteiger charge is 2.08. The van der Waals surface area contributed by atoms with Crippen molar-refractivity contribution < 1.29 is 4.79 Å². The molecule has 0 spiro atoms. The quantitative estimate of drug-likeness (QED) is 0.757. The first-order valence-electron chi connectivity index (χ1n) is 6.69. The highest BCUT2D eigenvalue weighted by Crippen LogP contribution is 2.15. The third-order valence-electron chi connectivity index (χ3n) is 3.15. The molecular formula is C16H18ClN3O. The number of nitrogens with one attached hydrogen (secondary N) is 2. The molecular weight excluding hydrogens is 286 g/mol. The average Bonchev–Trinajstić information content (AvgIpc) is 2.47. The van der Waals surface area contributed by atoms with Crippen molar-refractivity contribution in [2.75, 3.05) is 5.73 Å². The number of benzene rings is 2. The number of anilines is 1. The summed E-state index contributed by atoms with van der Waals surface area (Å²) in [6.45, 7) is 2.38. The van der Waals surface area contributed by atoms with Gasteiger partial charge in [-0.2, -0.15) is 0 Å². The van der Waals surface area contributed by atoms with Crippen LogP contribution in [0.1, 0.15) is 24.1 Å². The Balaban J connectivity index is 1.83. The number of nitrogen functional groups attached to an aromatic ring is 1. The van der Waals surface area contributed by atoms with Crippen molar-refractivity contribution in [3.05, 3.63) is 64.7 Å². The molecule has 0 heterocycles. The first-order chi connectivity index (χ1) is 10.0. The van der Waals surface area contributed by atoms with Crippen LogP contribution in [0.4, 0.5) is 10.5 Å². The van der Waals surface area contributed by atoms with Crippen LogP contribution in [0.25, 0.3) is 0 Å². The minimum Gasteiger partial charge on any atom is -0.399 e. The third kappa shape index (κ3) is 4.68. The number of carbonyl (C=O) groups excluding carboxylic acids is 1. The molecule has 0 saturated carbocycles. The van der Waals surface area contributed by atoms with E-state index in [1.807, 2.05) is 43.3 Å². The minimum absolute atomic E-state index is 0.0892. The van der Waals surface area contributed by atoms with Gasteiger partial charge in [-0.25, -0.2) is 4.79 Å².